The van der Waals surface area contributed by atoms with Crippen LogP contribution < -0.4 is 5.73 Å². The zero-order valence-corrected chi connectivity index (χ0v) is 11.5. The highest BCUT2D eigenvalue weighted by atomic mass is 32.2. The van der Waals surface area contributed by atoms with Gasteiger partial charge < -0.3 is 10.2 Å². The Bertz CT molecular complexity index is 493. The van der Waals surface area contributed by atoms with E-state index in [9.17, 15) is 9.59 Å². The van der Waals surface area contributed by atoms with Crippen LogP contribution in [-0.4, -0.2) is 17.4 Å². The van der Waals surface area contributed by atoms with Gasteiger partial charge in [0.25, 0.3) is 5.91 Å². The number of primary amides is 1. The molecule has 0 aliphatic carbocycles. The van der Waals surface area contributed by atoms with E-state index in [1.807, 2.05) is 13.0 Å². The predicted molar refractivity (Wildman–Crippen MR) is 73.0 cm³/mol. The van der Waals surface area contributed by atoms with Crippen molar-refractivity contribution in [2.45, 2.75) is 18.6 Å². The van der Waals surface area contributed by atoms with Crippen LogP contribution in [0.1, 0.15) is 24.4 Å². The fourth-order valence-corrected chi connectivity index (χ4v) is 4.39. The fraction of sp³-hybridized carbons (Fsp3) is 0.333. The molecule has 2 heterocycles. The average molecular weight is 283 g/mol. The van der Waals surface area contributed by atoms with Crippen molar-refractivity contribution in [3.05, 3.63) is 34.0 Å². The maximum atomic E-state index is 12.0. The van der Waals surface area contributed by atoms with Gasteiger partial charge in [0.15, 0.2) is 5.78 Å². The second-order valence-electron chi connectivity index (χ2n) is 3.71. The largest absolute Gasteiger partial charge is 0.468 e. The van der Waals surface area contributed by atoms with Crippen molar-refractivity contribution in [1.29, 1.82) is 0 Å². The minimum Gasteiger partial charge on any atom is -0.468 e. The molecule has 1 aromatic rings. The maximum Gasteiger partial charge on any atom is 0.254 e. The van der Waals surface area contributed by atoms with E-state index >= 15 is 0 Å². The van der Waals surface area contributed by atoms with Crippen LogP contribution in [0.2, 0.25) is 0 Å². The second kappa shape index (κ2) is 5.67. The van der Waals surface area contributed by atoms with Gasteiger partial charge in [-0.25, -0.2) is 0 Å². The zero-order valence-electron chi connectivity index (χ0n) is 9.84. The molecule has 0 saturated heterocycles. The molecule has 1 aliphatic heterocycles. The molecule has 1 unspecified atom stereocenters. The molecule has 1 amide bonds. The number of thioether (sulfide) groups is 2. The van der Waals surface area contributed by atoms with Crippen LogP contribution in [0.3, 0.4) is 0 Å². The Morgan fingerprint density at radius 1 is 1.67 bits per heavy atom. The highest BCUT2D eigenvalue weighted by molar-refractivity contribution is 8.22. The summed E-state index contributed by atoms with van der Waals surface area (Å²) in [5, 5.41) is -0.0651. The van der Waals surface area contributed by atoms with E-state index in [4.69, 9.17) is 10.2 Å². The standard InChI is InChI=1S/C12H13NO3S2/c1-2-17-12-10(11(13)15)7(14)6-9(18-12)8-4-3-5-16-8/h3-5,9H,2,6H2,1H3,(H2,13,15). The van der Waals surface area contributed by atoms with Gasteiger partial charge in [-0.2, -0.15) is 0 Å². The molecule has 6 heteroatoms. The van der Waals surface area contributed by atoms with Crippen LogP contribution >= 0.6 is 23.5 Å². The Morgan fingerprint density at radius 3 is 3.00 bits per heavy atom. The van der Waals surface area contributed by atoms with E-state index in [0.717, 1.165) is 11.5 Å². The summed E-state index contributed by atoms with van der Waals surface area (Å²) in [6.07, 6.45) is 1.84. The maximum absolute atomic E-state index is 12.0. The lowest BCUT2D eigenvalue weighted by Crippen LogP contribution is -2.25. The normalized spacial score (nSPS) is 20.3. The Hall–Kier alpha value is -1.14. The molecule has 0 fully saturated rings. The Morgan fingerprint density at radius 2 is 2.44 bits per heavy atom. The quantitative estimate of drug-likeness (QED) is 0.859. The number of carbonyl (C=O) groups is 2. The van der Waals surface area contributed by atoms with E-state index in [0.29, 0.717) is 4.24 Å². The van der Waals surface area contributed by atoms with Gasteiger partial charge in [0.2, 0.25) is 0 Å². The molecule has 4 nitrogen and oxygen atoms in total. The highest BCUT2D eigenvalue weighted by Gasteiger charge is 2.33. The molecule has 0 radical (unpaired) electrons. The van der Waals surface area contributed by atoms with Gasteiger partial charge in [-0.3, -0.25) is 9.59 Å². The number of hydrogen-bond donors (Lipinski definition) is 1. The third kappa shape index (κ3) is 2.64. The van der Waals surface area contributed by atoms with Crippen molar-refractivity contribution in [2.24, 2.45) is 5.73 Å². The summed E-state index contributed by atoms with van der Waals surface area (Å²) in [6, 6.07) is 3.63. The first-order valence-electron chi connectivity index (χ1n) is 5.53. The number of carbonyl (C=O) groups excluding carboxylic acids is 2. The molecule has 18 heavy (non-hydrogen) atoms. The molecule has 0 saturated carbocycles. The minimum absolute atomic E-state index is 0.0651. The molecular formula is C12H13NO3S2. The van der Waals surface area contributed by atoms with Crippen LogP contribution in [0.4, 0.5) is 0 Å². The molecule has 1 atom stereocenters. The first-order valence-corrected chi connectivity index (χ1v) is 7.40. The number of Topliss-reactive ketones (excluding diaryl/α,β-unsaturated/α-hetero) is 1. The average Bonchev–Trinajstić information content (AvgIpc) is 2.81. The van der Waals surface area contributed by atoms with Crippen LogP contribution in [0.15, 0.2) is 32.6 Å². The molecule has 0 aromatic carbocycles. The molecule has 1 aromatic heterocycles. The Labute approximate surface area is 113 Å². The minimum atomic E-state index is -0.638. The van der Waals surface area contributed by atoms with Gasteiger partial charge >= 0.3 is 0 Å². The topological polar surface area (TPSA) is 73.3 Å². The third-order valence-corrected chi connectivity index (χ3v) is 4.98. The zero-order chi connectivity index (χ0) is 13.1. The molecule has 2 rings (SSSR count). The Kier molecular flexibility index (Phi) is 4.19. The summed E-state index contributed by atoms with van der Waals surface area (Å²) in [4.78, 5) is 23.3. The fourth-order valence-electron chi connectivity index (χ4n) is 1.72. The van der Waals surface area contributed by atoms with Gasteiger partial charge in [0, 0.05) is 6.42 Å². The number of hydrogen-bond acceptors (Lipinski definition) is 5. The van der Waals surface area contributed by atoms with E-state index in [1.165, 1.54) is 23.5 Å². The number of ketones is 1. The van der Waals surface area contributed by atoms with E-state index in [2.05, 4.69) is 0 Å². The highest BCUT2D eigenvalue weighted by Crippen LogP contribution is 2.47. The van der Waals surface area contributed by atoms with Gasteiger partial charge in [-0.15, -0.1) is 23.5 Å². The van der Waals surface area contributed by atoms with E-state index in [1.54, 1.807) is 12.3 Å². The molecule has 96 valence electrons. The first-order chi connectivity index (χ1) is 8.63. The van der Waals surface area contributed by atoms with Gasteiger partial charge in [-0.05, 0) is 17.9 Å². The lowest BCUT2D eigenvalue weighted by atomic mass is 10.1. The SMILES string of the molecule is CCSC1=C(C(N)=O)C(=O)CC(c2ccco2)S1. The number of amides is 1. The molecule has 1 aliphatic rings. The Balaban J connectivity index is 2.31. The summed E-state index contributed by atoms with van der Waals surface area (Å²) in [5.41, 5.74) is 5.42. The summed E-state index contributed by atoms with van der Waals surface area (Å²) in [5.74, 6) is 0.711. The van der Waals surface area contributed by atoms with Crippen LogP contribution in [-0.2, 0) is 9.59 Å². The van der Waals surface area contributed by atoms with Crippen molar-refractivity contribution in [2.75, 3.05) is 5.75 Å². The monoisotopic (exact) mass is 283 g/mol. The molecule has 0 bridgehead atoms. The van der Waals surface area contributed by atoms with Gasteiger partial charge in [-0.1, -0.05) is 6.92 Å². The molecule has 0 spiro atoms. The predicted octanol–water partition coefficient (Wildman–Crippen LogP) is 2.48. The van der Waals surface area contributed by atoms with Crippen molar-refractivity contribution in [3.63, 3.8) is 0 Å². The summed E-state index contributed by atoms with van der Waals surface area (Å²) >= 11 is 2.95. The van der Waals surface area contributed by atoms with Crippen LogP contribution in [0.25, 0.3) is 0 Å². The van der Waals surface area contributed by atoms with Crippen LogP contribution in [0, 0.1) is 0 Å². The number of furan rings is 1. The van der Waals surface area contributed by atoms with Crippen LogP contribution in [0.5, 0.6) is 0 Å². The first kappa shape index (κ1) is 13.3. The number of rotatable bonds is 4. The number of nitrogens with two attached hydrogens (primary N) is 1. The lowest BCUT2D eigenvalue weighted by Gasteiger charge is -2.22. The smallest absolute Gasteiger partial charge is 0.254 e. The van der Waals surface area contributed by atoms with Crippen molar-refractivity contribution >= 4 is 35.2 Å². The third-order valence-electron chi connectivity index (χ3n) is 2.49. The summed E-state index contributed by atoms with van der Waals surface area (Å²) < 4.78 is 6.03. The van der Waals surface area contributed by atoms with Crippen molar-refractivity contribution in [1.82, 2.24) is 0 Å². The van der Waals surface area contributed by atoms with Gasteiger partial charge in [0.1, 0.15) is 11.3 Å². The summed E-state index contributed by atoms with van der Waals surface area (Å²) in [6.45, 7) is 1.97. The van der Waals surface area contributed by atoms with Crippen molar-refractivity contribution < 1.29 is 14.0 Å². The molecular weight excluding hydrogens is 270 g/mol. The lowest BCUT2D eigenvalue weighted by molar-refractivity contribution is -0.121. The molecule has 2 N–H and O–H groups in total. The summed E-state index contributed by atoms with van der Waals surface area (Å²) in [7, 11) is 0. The van der Waals surface area contributed by atoms with E-state index < -0.39 is 5.91 Å². The van der Waals surface area contributed by atoms with Gasteiger partial charge in [0.05, 0.1) is 15.8 Å². The second-order valence-corrected chi connectivity index (χ2v) is 6.45. The van der Waals surface area contributed by atoms with Crippen molar-refractivity contribution in [3.8, 4) is 0 Å². The van der Waals surface area contributed by atoms with E-state index in [-0.39, 0.29) is 23.0 Å².